The van der Waals surface area contributed by atoms with Gasteiger partial charge < -0.3 is 9.47 Å². The van der Waals surface area contributed by atoms with E-state index in [2.05, 4.69) is 102 Å². The predicted molar refractivity (Wildman–Crippen MR) is 174 cm³/mol. The number of unbranched alkanes of at least 4 members (excludes halogenated alkanes) is 1. The maximum atomic E-state index is 5.97. The molecule has 1 aliphatic rings. The first-order valence-electron chi connectivity index (χ1n) is 14.9. The number of methoxy groups -OCH3 is 1. The molecule has 2 nitrogen and oxygen atoms in total. The van der Waals surface area contributed by atoms with Crippen LogP contribution in [0.25, 0.3) is 5.57 Å². The van der Waals surface area contributed by atoms with E-state index in [-0.39, 0.29) is 10.8 Å². The van der Waals surface area contributed by atoms with E-state index in [1.54, 1.807) is 13.2 Å². The molecule has 0 saturated heterocycles. The highest BCUT2D eigenvalue weighted by molar-refractivity contribution is 5.77. The fourth-order valence-electron chi connectivity index (χ4n) is 4.55. The molecule has 0 N–H and O–H groups in total. The van der Waals surface area contributed by atoms with Crippen molar-refractivity contribution in [1.29, 1.82) is 0 Å². The lowest BCUT2D eigenvalue weighted by atomic mass is 9.78. The Hall–Kier alpha value is -3.02. The molecule has 0 heterocycles. The zero-order valence-electron chi connectivity index (χ0n) is 26.1. The van der Waals surface area contributed by atoms with Gasteiger partial charge in [0.05, 0.1) is 20.1 Å². The van der Waals surface area contributed by atoms with Gasteiger partial charge in [0.1, 0.15) is 5.76 Å². The summed E-state index contributed by atoms with van der Waals surface area (Å²) in [5, 5.41) is 0. The maximum Gasteiger partial charge on any atom is 0.111 e. The molecule has 2 rings (SSSR count). The Morgan fingerprint density at radius 3 is 2.48 bits per heavy atom. The minimum atomic E-state index is 0.0249. The van der Waals surface area contributed by atoms with Crippen molar-refractivity contribution in [2.24, 2.45) is 10.8 Å². The van der Waals surface area contributed by atoms with Crippen LogP contribution < -0.4 is 0 Å². The van der Waals surface area contributed by atoms with Crippen LogP contribution in [0.3, 0.4) is 0 Å². The highest BCUT2D eigenvalue weighted by Crippen LogP contribution is 2.44. The maximum absolute atomic E-state index is 5.97. The number of aryl methyl sites for hydroxylation is 1. The summed E-state index contributed by atoms with van der Waals surface area (Å²) >= 11 is 0. The summed E-state index contributed by atoms with van der Waals surface area (Å²) in [5.74, 6) is 7.83. The number of hydrogen-bond acceptors (Lipinski definition) is 2. The summed E-state index contributed by atoms with van der Waals surface area (Å²) in [6.45, 7) is 20.5. The first-order valence-corrected chi connectivity index (χ1v) is 14.9. The summed E-state index contributed by atoms with van der Waals surface area (Å²) in [6, 6.07) is 8.71. The summed E-state index contributed by atoms with van der Waals surface area (Å²) < 4.78 is 11.9. The molecule has 216 valence electrons. The van der Waals surface area contributed by atoms with E-state index < -0.39 is 0 Å². The number of ether oxygens (including phenoxy) is 2. The largest absolute Gasteiger partial charge is 0.500 e. The van der Waals surface area contributed by atoms with Gasteiger partial charge in [0.25, 0.3) is 0 Å². The fraction of sp³-hybridized carbons (Fsp3) is 0.474. The molecule has 1 aliphatic carbocycles. The molecular weight excluding hydrogens is 488 g/mol. The molecule has 1 aromatic rings. The minimum Gasteiger partial charge on any atom is -0.500 e. The third kappa shape index (κ3) is 11.6. The highest BCUT2D eigenvalue weighted by Gasteiger charge is 2.35. The van der Waals surface area contributed by atoms with Crippen molar-refractivity contribution in [2.75, 3.05) is 20.3 Å². The zero-order chi connectivity index (χ0) is 29.4. The Kier molecular flexibility index (Phi) is 14.1. The smallest absolute Gasteiger partial charge is 0.111 e. The zero-order valence-corrected chi connectivity index (χ0v) is 26.1. The second-order valence-corrected chi connectivity index (χ2v) is 11.8. The molecule has 0 amide bonds. The van der Waals surface area contributed by atoms with Gasteiger partial charge in [-0.3, -0.25) is 0 Å². The predicted octanol–water partition coefficient (Wildman–Crippen LogP) is 10.2. The normalized spacial score (nSPS) is 15.5. The van der Waals surface area contributed by atoms with Crippen LogP contribution in [0.2, 0.25) is 0 Å². The third-order valence-electron chi connectivity index (χ3n) is 7.69. The van der Waals surface area contributed by atoms with Gasteiger partial charge in [-0.1, -0.05) is 119 Å². The van der Waals surface area contributed by atoms with Crippen molar-refractivity contribution in [2.45, 2.75) is 86.0 Å². The molecule has 1 aromatic carbocycles. The summed E-state index contributed by atoms with van der Waals surface area (Å²) in [4.78, 5) is 0. The molecule has 0 aliphatic heterocycles. The topological polar surface area (TPSA) is 18.5 Å². The Labute approximate surface area is 245 Å². The van der Waals surface area contributed by atoms with Crippen LogP contribution in [-0.4, -0.2) is 20.3 Å². The van der Waals surface area contributed by atoms with E-state index in [1.165, 1.54) is 36.8 Å². The van der Waals surface area contributed by atoms with E-state index in [4.69, 9.17) is 9.47 Å². The molecule has 0 spiro atoms. The minimum absolute atomic E-state index is 0.0249. The molecule has 0 aromatic heterocycles. The van der Waals surface area contributed by atoms with Crippen LogP contribution in [0.15, 0.2) is 90.8 Å². The second-order valence-electron chi connectivity index (χ2n) is 11.8. The standard InChI is InChI=1S/C38H52O2/c1-9-11-13-17-31(3)32(4)34-23-21-33(22-24-34)18-15-29-40-30-16-19-35(37(5,6)25-12-10-2)36(39-8)20-14-26-38(7)27-28-38/h9,11,13,16-17,19,21-24H,1,4,10,12,15,18,20,25,27-30H2,2-3,5-8H3/b13-11-,19-16-,31-17+,36-35-. The van der Waals surface area contributed by atoms with Gasteiger partial charge in [0.15, 0.2) is 0 Å². The van der Waals surface area contributed by atoms with E-state index in [0.717, 1.165) is 48.3 Å². The molecule has 0 unspecified atom stereocenters. The van der Waals surface area contributed by atoms with Crippen molar-refractivity contribution >= 4 is 5.57 Å². The van der Waals surface area contributed by atoms with Gasteiger partial charge >= 0.3 is 0 Å². The van der Waals surface area contributed by atoms with Gasteiger partial charge in [-0.25, -0.2) is 0 Å². The molecule has 2 heteroatoms. The Morgan fingerprint density at radius 2 is 1.85 bits per heavy atom. The number of hydrogen-bond donors (Lipinski definition) is 0. The van der Waals surface area contributed by atoms with E-state index in [9.17, 15) is 0 Å². The van der Waals surface area contributed by atoms with Crippen LogP contribution in [0.1, 0.15) is 90.7 Å². The van der Waals surface area contributed by atoms with Crippen LogP contribution in [0, 0.1) is 22.7 Å². The molecule has 0 atom stereocenters. The molecular formula is C38H52O2. The molecule has 0 bridgehead atoms. The van der Waals surface area contributed by atoms with Crippen LogP contribution in [0.4, 0.5) is 0 Å². The Morgan fingerprint density at radius 1 is 1.12 bits per heavy atom. The number of allylic oxidation sites excluding steroid dienone is 9. The average Bonchev–Trinajstić information content (AvgIpc) is 3.68. The van der Waals surface area contributed by atoms with Crippen LogP contribution >= 0.6 is 0 Å². The highest BCUT2D eigenvalue weighted by atomic mass is 16.5. The quantitative estimate of drug-likeness (QED) is 0.0847. The third-order valence-corrected chi connectivity index (χ3v) is 7.69. The van der Waals surface area contributed by atoms with Gasteiger partial charge in [-0.05, 0) is 79.2 Å². The summed E-state index contributed by atoms with van der Waals surface area (Å²) in [5.41, 5.74) is 6.16. The second kappa shape index (κ2) is 16.9. The van der Waals surface area contributed by atoms with Crippen molar-refractivity contribution in [3.63, 3.8) is 0 Å². The monoisotopic (exact) mass is 540 g/mol. The molecule has 0 radical (unpaired) electrons. The summed E-state index contributed by atoms with van der Waals surface area (Å²) in [6.07, 6.45) is 20.7. The van der Waals surface area contributed by atoms with Gasteiger partial charge in [-0.15, -0.1) is 0 Å². The first kappa shape index (κ1) is 33.2. The Bertz CT molecular complexity index is 1140. The van der Waals surface area contributed by atoms with Gasteiger partial charge in [-0.2, -0.15) is 0 Å². The summed E-state index contributed by atoms with van der Waals surface area (Å²) in [7, 11) is 1.78. The van der Waals surface area contributed by atoms with Gasteiger partial charge in [0, 0.05) is 12.0 Å². The van der Waals surface area contributed by atoms with Crippen molar-refractivity contribution < 1.29 is 9.47 Å². The lowest BCUT2D eigenvalue weighted by Gasteiger charge is -2.28. The molecule has 40 heavy (non-hydrogen) atoms. The van der Waals surface area contributed by atoms with Crippen molar-refractivity contribution in [1.82, 2.24) is 0 Å². The average molecular weight is 541 g/mol. The molecule has 1 fully saturated rings. The fourth-order valence-corrected chi connectivity index (χ4v) is 4.55. The first-order chi connectivity index (χ1) is 19.2. The Balaban J connectivity index is 1.89. The van der Waals surface area contributed by atoms with Crippen molar-refractivity contribution in [3.05, 3.63) is 102 Å². The van der Waals surface area contributed by atoms with Crippen LogP contribution in [0.5, 0.6) is 0 Å². The van der Waals surface area contributed by atoms with E-state index >= 15 is 0 Å². The van der Waals surface area contributed by atoms with Crippen LogP contribution in [-0.2, 0) is 15.9 Å². The number of rotatable bonds is 17. The lowest BCUT2D eigenvalue weighted by molar-refractivity contribution is 0.159. The lowest BCUT2D eigenvalue weighted by Crippen LogP contribution is -2.16. The number of benzene rings is 1. The van der Waals surface area contributed by atoms with Crippen molar-refractivity contribution in [3.8, 4) is 11.8 Å². The van der Waals surface area contributed by atoms with E-state index in [1.807, 2.05) is 12.2 Å². The SMILES string of the molecule is C=C/C=C\C=C(/C)C(=C)c1ccc(CCCOC/C=C\C(=C(/CC#CC2(C)CC2)OC)C(C)(C)CCCC)cc1. The van der Waals surface area contributed by atoms with E-state index in [0.29, 0.717) is 13.0 Å². The molecule has 1 saturated carbocycles. The van der Waals surface area contributed by atoms with Gasteiger partial charge in [0.2, 0.25) is 0 Å².